The van der Waals surface area contributed by atoms with Gasteiger partial charge in [-0.2, -0.15) is 0 Å². The molecule has 8 heteroatoms. The summed E-state index contributed by atoms with van der Waals surface area (Å²) < 4.78 is 1.71. The van der Waals surface area contributed by atoms with Gasteiger partial charge >= 0.3 is 12.0 Å². The van der Waals surface area contributed by atoms with Crippen LogP contribution < -0.4 is 5.32 Å². The second kappa shape index (κ2) is 5.25. The van der Waals surface area contributed by atoms with Crippen LogP contribution in [0.4, 0.5) is 4.79 Å². The molecule has 0 aromatic carbocycles. The Bertz CT molecular complexity index is 486. The third-order valence-electron chi connectivity index (χ3n) is 3.27. The molecular weight excluding hydrogens is 250 g/mol. The zero-order valence-corrected chi connectivity index (χ0v) is 10.9. The molecule has 0 aliphatic carbocycles. The van der Waals surface area contributed by atoms with Gasteiger partial charge in [-0.3, -0.25) is 0 Å². The molecule has 2 N–H and O–H groups in total. The lowest BCUT2D eigenvalue weighted by Gasteiger charge is -2.23. The van der Waals surface area contributed by atoms with Crippen molar-refractivity contribution in [1.82, 2.24) is 25.0 Å². The molecule has 1 aromatic rings. The Kier molecular flexibility index (Phi) is 3.68. The van der Waals surface area contributed by atoms with Gasteiger partial charge in [0.15, 0.2) is 5.82 Å². The standard InChI is InChI=1S/C11H17N5O3/c1-7(9-14-12-6-15(9)2)13-11(19)16-5-3-4-8(16)10(17)18/h6-8H,3-5H2,1-2H3,(H,13,19)(H,17,18)/t7?,8-/m0/s1. The fourth-order valence-corrected chi connectivity index (χ4v) is 2.28. The molecule has 2 atom stereocenters. The molecule has 0 bridgehead atoms. The first kappa shape index (κ1) is 13.3. The van der Waals surface area contributed by atoms with Crippen LogP contribution in [0.1, 0.15) is 31.6 Å². The lowest BCUT2D eigenvalue weighted by Crippen LogP contribution is -2.46. The zero-order chi connectivity index (χ0) is 14.0. The highest BCUT2D eigenvalue weighted by molar-refractivity contribution is 5.83. The summed E-state index contributed by atoms with van der Waals surface area (Å²) in [7, 11) is 1.79. The Balaban J connectivity index is 2.01. The van der Waals surface area contributed by atoms with Crippen molar-refractivity contribution < 1.29 is 14.7 Å². The van der Waals surface area contributed by atoms with E-state index in [9.17, 15) is 9.59 Å². The minimum atomic E-state index is -0.959. The number of aliphatic carboxylic acids is 1. The van der Waals surface area contributed by atoms with Crippen LogP contribution in [0, 0.1) is 0 Å². The van der Waals surface area contributed by atoms with E-state index in [0.29, 0.717) is 25.2 Å². The van der Waals surface area contributed by atoms with Gasteiger partial charge in [0.1, 0.15) is 12.4 Å². The molecule has 1 aromatic heterocycles. The summed E-state index contributed by atoms with van der Waals surface area (Å²) in [5.74, 6) is -0.335. The van der Waals surface area contributed by atoms with E-state index in [1.807, 2.05) is 0 Å². The maximum atomic E-state index is 12.1. The van der Waals surface area contributed by atoms with Crippen molar-refractivity contribution in [3.05, 3.63) is 12.2 Å². The molecule has 1 aliphatic rings. The number of likely N-dealkylation sites (tertiary alicyclic amines) is 1. The predicted molar refractivity (Wildman–Crippen MR) is 65.3 cm³/mol. The van der Waals surface area contributed by atoms with E-state index in [4.69, 9.17) is 5.11 Å². The lowest BCUT2D eigenvalue weighted by atomic mass is 10.2. The number of carbonyl (C=O) groups is 2. The highest BCUT2D eigenvalue weighted by Gasteiger charge is 2.34. The van der Waals surface area contributed by atoms with Crippen molar-refractivity contribution in [1.29, 1.82) is 0 Å². The molecule has 0 radical (unpaired) electrons. The Hall–Kier alpha value is -2.12. The number of nitrogens with zero attached hydrogens (tertiary/aromatic N) is 4. The van der Waals surface area contributed by atoms with Crippen LogP contribution in [0.2, 0.25) is 0 Å². The maximum Gasteiger partial charge on any atom is 0.326 e. The highest BCUT2D eigenvalue weighted by atomic mass is 16.4. The van der Waals surface area contributed by atoms with Crippen LogP contribution in [0.15, 0.2) is 6.33 Å². The van der Waals surface area contributed by atoms with Crippen LogP contribution in [-0.4, -0.2) is 49.4 Å². The zero-order valence-electron chi connectivity index (χ0n) is 10.9. The van der Waals surface area contributed by atoms with E-state index in [0.717, 1.165) is 0 Å². The number of aromatic nitrogens is 3. The van der Waals surface area contributed by atoms with E-state index in [1.54, 1.807) is 24.9 Å². The average Bonchev–Trinajstić information content (AvgIpc) is 2.96. The number of carboxylic acids is 1. The molecule has 8 nitrogen and oxygen atoms in total. The number of aryl methyl sites for hydroxylation is 1. The van der Waals surface area contributed by atoms with Crippen LogP contribution in [0.5, 0.6) is 0 Å². The SMILES string of the molecule is CC(NC(=O)N1CCC[C@H]1C(=O)O)c1nncn1C. The van der Waals surface area contributed by atoms with Crippen LogP contribution in [-0.2, 0) is 11.8 Å². The number of urea groups is 1. The van der Waals surface area contributed by atoms with Crippen molar-refractivity contribution in [2.45, 2.75) is 31.8 Å². The third-order valence-corrected chi connectivity index (χ3v) is 3.27. The Morgan fingerprint density at radius 2 is 2.32 bits per heavy atom. The Morgan fingerprint density at radius 3 is 2.89 bits per heavy atom. The maximum absolute atomic E-state index is 12.1. The molecule has 104 valence electrons. The van der Waals surface area contributed by atoms with Crippen molar-refractivity contribution in [2.24, 2.45) is 7.05 Å². The number of carboxylic acid groups (broad SMARTS) is 1. The van der Waals surface area contributed by atoms with Crippen molar-refractivity contribution >= 4 is 12.0 Å². The molecule has 0 spiro atoms. The normalized spacial score (nSPS) is 20.3. The fraction of sp³-hybridized carbons (Fsp3) is 0.636. The smallest absolute Gasteiger partial charge is 0.326 e. The first-order chi connectivity index (χ1) is 9.00. The summed E-state index contributed by atoms with van der Waals surface area (Å²) in [6.07, 6.45) is 2.76. The summed E-state index contributed by atoms with van der Waals surface area (Å²) >= 11 is 0. The molecular formula is C11H17N5O3. The molecule has 2 amide bonds. The summed E-state index contributed by atoms with van der Waals surface area (Å²) in [6, 6.07) is -1.43. The van der Waals surface area contributed by atoms with Gasteiger partial charge in [0.2, 0.25) is 0 Å². The van der Waals surface area contributed by atoms with Gasteiger partial charge in [-0.05, 0) is 19.8 Å². The van der Waals surface area contributed by atoms with Gasteiger partial charge in [0.25, 0.3) is 0 Å². The summed E-state index contributed by atoms with van der Waals surface area (Å²) in [4.78, 5) is 24.5. The second-order valence-corrected chi connectivity index (χ2v) is 4.66. The summed E-state index contributed by atoms with van der Waals surface area (Å²) in [5.41, 5.74) is 0. The molecule has 2 rings (SSSR count). The van der Waals surface area contributed by atoms with E-state index in [1.165, 1.54) is 4.90 Å². The van der Waals surface area contributed by atoms with Crippen LogP contribution >= 0.6 is 0 Å². The van der Waals surface area contributed by atoms with E-state index >= 15 is 0 Å². The van der Waals surface area contributed by atoms with Crippen molar-refractivity contribution in [3.8, 4) is 0 Å². The Morgan fingerprint density at radius 1 is 1.58 bits per heavy atom. The van der Waals surface area contributed by atoms with Gasteiger partial charge in [-0.25, -0.2) is 9.59 Å². The average molecular weight is 267 g/mol. The number of hydrogen-bond acceptors (Lipinski definition) is 4. The second-order valence-electron chi connectivity index (χ2n) is 4.66. The van der Waals surface area contributed by atoms with E-state index < -0.39 is 12.0 Å². The van der Waals surface area contributed by atoms with Gasteiger partial charge < -0.3 is 19.9 Å². The number of nitrogens with one attached hydrogen (secondary N) is 1. The molecule has 0 saturated carbocycles. The molecule has 2 heterocycles. The molecule has 1 unspecified atom stereocenters. The first-order valence-electron chi connectivity index (χ1n) is 6.14. The number of rotatable bonds is 3. The minimum absolute atomic E-state index is 0.324. The van der Waals surface area contributed by atoms with Gasteiger partial charge in [-0.1, -0.05) is 0 Å². The summed E-state index contributed by atoms with van der Waals surface area (Å²) in [5, 5.41) is 19.5. The minimum Gasteiger partial charge on any atom is -0.480 e. The third kappa shape index (κ3) is 2.67. The number of carbonyl (C=O) groups excluding carboxylic acids is 1. The van der Waals surface area contributed by atoms with Gasteiger partial charge in [-0.15, -0.1) is 10.2 Å². The highest BCUT2D eigenvalue weighted by Crippen LogP contribution is 2.18. The largest absolute Gasteiger partial charge is 0.480 e. The number of hydrogen-bond donors (Lipinski definition) is 2. The van der Waals surface area contributed by atoms with Gasteiger partial charge in [0.05, 0.1) is 6.04 Å². The van der Waals surface area contributed by atoms with E-state index in [2.05, 4.69) is 15.5 Å². The van der Waals surface area contributed by atoms with Crippen LogP contribution in [0.25, 0.3) is 0 Å². The van der Waals surface area contributed by atoms with Gasteiger partial charge in [0, 0.05) is 13.6 Å². The molecule has 1 aliphatic heterocycles. The molecule has 19 heavy (non-hydrogen) atoms. The topological polar surface area (TPSA) is 100 Å². The Labute approximate surface area is 110 Å². The lowest BCUT2D eigenvalue weighted by molar-refractivity contribution is -0.141. The quantitative estimate of drug-likeness (QED) is 0.811. The monoisotopic (exact) mass is 267 g/mol. The predicted octanol–water partition coefficient (Wildman–Crippen LogP) is 0.135. The summed E-state index contributed by atoms with van der Waals surface area (Å²) in [6.45, 7) is 2.25. The number of amides is 2. The first-order valence-corrected chi connectivity index (χ1v) is 6.14. The van der Waals surface area contributed by atoms with Crippen molar-refractivity contribution in [3.63, 3.8) is 0 Å². The van der Waals surface area contributed by atoms with E-state index in [-0.39, 0.29) is 12.1 Å². The molecule has 1 fully saturated rings. The molecule has 1 saturated heterocycles. The fourth-order valence-electron chi connectivity index (χ4n) is 2.28. The van der Waals surface area contributed by atoms with Crippen molar-refractivity contribution in [2.75, 3.05) is 6.54 Å². The van der Waals surface area contributed by atoms with Crippen LogP contribution in [0.3, 0.4) is 0 Å².